The molecule has 0 amide bonds. The van der Waals surface area contributed by atoms with Crippen LogP contribution in [0.15, 0.2) is 41.2 Å². The van der Waals surface area contributed by atoms with Crippen molar-refractivity contribution in [2.45, 2.75) is 6.54 Å². The van der Waals surface area contributed by atoms with Crippen LogP contribution in [0.25, 0.3) is 11.3 Å². The van der Waals surface area contributed by atoms with E-state index in [2.05, 4.69) is 21.0 Å². The van der Waals surface area contributed by atoms with Gasteiger partial charge in [0.2, 0.25) is 0 Å². The van der Waals surface area contributed by atoms with Gasteiger partial charge in [-0.2, -0.15) is 5.10 Å². The fraction of sp³-hybridized carbons (Fsp3) is 0.167. The molecule has 2 rings (SSSR count). The molecule has 0 unspecified atom stereocenters. The zero-order valence-corrected chi connectivity index (χ0v) is 11.3. The van der Waals surface area contributed by atoms with E-state index in [0.29, 0.717) is 16.9 Å². The molecule has 0 aliphatic rings. The van der Waals surface area contributed by atoms with Crippen LogP contribution in [0.2, 0.25) is 5.02 Å². The number of aromatic nitrogens is 2. The number of hydrogen-bond donors (Lipinski definition) is 0. The van der Waals surface area contributed by atoms with Gasteiger partial charge in [-0.1, -0.05) is 39.7 Å². The quantitative estimate of drug-likeness (QED) is 0.817. The van der Waals surface area contributed by atoms with Crippen molar-refractivity contribution < 1.29 is 0 Å². The Morgan fingerprint density at radius 3 is 2.53 bits per heavy atom. The highest BCUT2D eigenvalue weighted by atomic mass is 79.9. The van der Waals surface area contributed by atoms with Gasteiger partial charge in [-0.15, -0.1) is 0 Å². The maximum absolute atomic E-state index is 11.5. The molecular formula is C12H10BrClN2O. The molecule has 0 saturated carbocycles. The van der Waals surface area contributed by atoms with E-state index in [9.17, 15) is 4.79 Å². The maximum atomic E-state index is 11.5. The van der Waals surface area contributed by atoms with E-state index in [1.165, 1.54) is 10.7 Å². The third kappa shape index (κ3) is 2.96. The van der Waals surface area contributed by atoms with Gasteiger partial charge in [0.15, 0.2) is 0 Å². The van der Waals surface area contributed by atoms with Gasteiger partial charge in [-0.05, 0) is 18.2 Å². The lowest BCUT2D eigenvalue weighted by molar-refractivity contribution is 0.627. The van der Waals surface area contributed by atoms with E-state index in [1.807, 2.05) is 12.1 Å². The summed E-state index contributed by atoms with van der Waals surface area (Å²) in [6.45, 7) is 0.556. The third-order valence-corrected chi connectivity index (χ3v) is 2.91. The van der Waals surface area contributed by atoms with Crippen LogP contribution in [-0.4, -0.2) is 15.1 Å². The van der Waals surface area contributed by atoms with E-state index in [4.69, 9.17) is 11.6 Å². The lowest BCUT2D eigenvalue weighted by Crippen LogP contribution is -2.22. The molecule has 0 atom stereocenters. The van der Waals surface area contributed by atoms with Gasteiger partial charge in [-0.25, -0.2) is 4.68 Å². The average Bonchev–Trinajstić information content (AvgIpc) is 2.33. The van der Waals surface area contributed by atoms with Crippen molar-refractivity contribution in [3.8, 4) is 11.3 Å². The van der Waals surface area contributed by atoms with E-state index in [-0.39, 0.29) is 5.56 Å². The highest BCUT2D eigenvalue weighted by Crippen LogP contribution is 2.18. The third-order valence-electron chi connectivity index (χ3n) is 2.30. The van der Waals surface area contributed by atoms with E-state index in [1.54, 1.807) is 18.2 Å². The molecule has 1 heterocycles. The van der Waals surface area contributed by atoms with Crippen LogP contribution in [0, 0.1) is 0 Å². The van der Waals surface area contributed by atoms with Crippen LogP contribution in [-0.2, 0) is 6.54 Å². The zero-order chi connectivity index (χ0) is 12.3. The Balaban J connectivity index is 2.42. The van der Waals surface area contributed by atoms with Gasteiger partial charge >= 0.3 is 0 Å². The number of nitrogens with zero attached hydrogens (tertiary/aromatic N) is 2. The summed E-state index contributed by atoms with van der Waals surface area (Å²) in [7, 11) is 0. The first-order chi connectivity index (χ1) is 8.20. The highest BCUT2D eigenvalue weighted by molar-refractivity contribution is 9.09. The predicted octanol–water partition coefficient (Wildman–Crippen LogP) is 2.96. The smallest absolute Gasteiger partial charge is 0.266 e. The van der Waals surface area contributed by atoms with Gasteiger partial charge in [0, 0.05) is 22.0 Å². The molecule has 0 saturated heterocycles. The van der Waals surface area contributed by atoms with Crippen LogP contribution in [0.1, 0.15) is 0 Å². The van der Waals surface area contributed by atoms with Crippen LogP contribution < -0.4 is 5.56 Å². The van der Waals surface area contributed by atoms with Crippen LogP contribution in [0.4, 0.5) is 0 Å². The minimum atomic E-state index is -0.0952. The molecular weight excluding hydrogens is 304 g/mol. The molecule has 0 aliphatic heterocycles. The first-order valence-corrected chi connectivity index (χ1v) is 6.61. The lowest BCUT2D eigenvalue weighted by Gasteiger charge is -2.05. The molecule has 0 bridgehead atoms. The second-order valence-corrected chi connectivity index (χ2v) is 4.71. The van der Waals surface area contributed by atoms with Crippen molar-refractivity contribution >= 4 is 27.5 Å². The second-order valence-electron chi connectivity index (χ2n) is 3.48. The Bertz CT molecular complexity index is 565. The zero-order valence-electron chi connectivity index (χ0n) is 8.94. The van der Waals surface area contributed by atoms with Crippen LogP contribution >= 0.6 is 27.5 Å². The first kappa shape index (κ1) is 12.3. The Hall–Kier alpha value is -1.13. The summed E-state index contributed by atoms with van der Waals surface area (Å²) in [4.78, 5) is 11.5. The summed E-state index contributed by atoms with van der Waals surface area (Å²) in [5.74, 6) is 0. The molecule has 0 fully saturated rings. The van der Waals surface area contributed by atoms with Gasteiger partial charge in [-0.3, -0.25) is 4.79 Å². The summed E-state index contributed by atoms with van der Waals surface area (Å²) < 4.78 is 1.44. The Morgan fingerprint density at radius 1 is 1.18 bits per heavy atom. The molecule has 2 aromatic rings. The molecule has 0 aliphatic carbocycles. The van der Waals surface area contributed by atoms with E-state index < -0.39 is 0 Å². The van der Waals surface area contributed by atoms with Gasteiger partial charge in [0.25, 0.3) is 5.56 Å². The maximum Gasteiger partial charge on any atom is 0.266 e. The van der Waals surface area contributed by atoms with Crippen molar-refractivity contribution in [3.05, 3.63) is 51.8 Å². The minimum absolute atomic E-state index is 0.0952. The highest BCUT2D eigenvalue weighted by Gasteiger charge is 2.02. The largest absolute Gasteiger partial charge is 0.268 e. The van der Waals surface area contributed by atoms with Gasteiger partial charge in [0.05, 0.1) is 12.2 Å². The van der Waals surface area contributed by atoms with Gasteiger partial charge < -0.3 is 0 Å². The number of alkyl halides is 1. The summed E-state index contributed by atoms with van der Waals surface area (Å²) in [6, 6.07) is 10.6. The number of hydrogen-bond acceptors (Lipinski definition) is 2. The molecule has 1 aromatic carbocycles. The van der Waals surface area contributed by atoms with Crippen molar-refractivity contribution in [1.29, 1.82) is 0 Å². The summed E-state index contributed by atoms with van der Waals surface area (Å²) in [6.07, 6.45) is 0. The van der Waals surface area contributed by atoms with Crippen LogP contribution in [0.5, 0.6) is 0 Å². The fourth-order valence-electron chi connectivity index (χ4n) is 1.46. The Labute approximate surface area is 112 Å². The van der Waals surface area contributed by atoms with Gasteiger partial charge in [0.1, 0.15) is 0 Å². The first-order valence-electron chi connectivity index (χ1n) is 5.11. The molecule has 0 N–H and O–H groups in total. The summed E-state index contributed by atoms with van der Waals surface area (Å²) >= 11 is 9.12. The number of halogens is 2. The molecule has 88 valence electrons. The fourth-order valence-corrected chi connectivity index (χ4v) is 1.93. The van der Waals surface area contributed by atoms with Crippen molar-refractivity contribution in [2.24, 2.45) is 0 Å². The van der Waals surface area contributed by atoms with Crippen LogP contribution in [0.3, 0.4) is 0 Å². The molecule has 0 spiro atoms. The average molecular weight is 314 g/mol. The molecule has 1 aromatic heterocycles. The summed E-state index contributed by atoms with van der Waals surface area (Å²) in [5, 5.41) is 5.67. The van der Waals surface area contributed by atoms with Crippen molar-refractivity contribution in [3.63, 3.8) is 0 Å². The molecule has 0 radical (unpaired) electrons. The van der Waals surface area contributed by atoms with E-state index >= 15 is 0 Å². The standard InChI is InChI=1S/C12H10BrClN2O/c13-7-8-16-12(17)6-5-11(15-16)9-1-3-10(14)4-2-9/h1-6H,7-8H2. The molecule has 17 heavy (non-hydrogen) atoms. The Kier molecular flexibility index (Phi) is 3.97. The number of benzene rings is 1. The van der Waals surface area contributed by atoms with E-state index in [0.717, 1.165) is 11.3 Å². The van der Waals surface area contributed by atoms with Crippen molar-refractivity contribution in [1.82, 2.24) is 9.78 Å². The Morgan fingerprint density at radius 2 is 1.88 bits per heavy atom. The normalized spacial score (nSPS) is 10.5. The molecule has 3 nitrogen and oxygen atoms in total. The SMILES string of the molecule is O=c1ccc(-c2ccc(Cl)cc2)nn1CCBr. The second kappa shape index (κ2) is 5.47. The lowest BCUT2D eigenvalue weighted by atomic mass is 10.1. The topological polar surface area (TPSA) is 34.9 Å². The predicted molar refractivity (Wildman–Crippen MR) is 72.7 cm³/mol. The summed E-state index contributed by atoms with van der Waals surface area (Å²) in [5.41, 5.74) is 1.61. The number of rotatable bonds is 3. The monoisotopic (exact) mass is 312 g/mol. The minimum Gasteiger partial charge on any atom is -0.268 e. The van der Waals surface area contributed by atoms with Crippen molar-refractivity contribution in [2.75, 3.05) is 5.33 Å². The number of aryl methyl sites for hydroxylation is 1. The molecule has 5 heteroatoms.